The summed E-state index contributed by atoms with van der Waals surface area (Å²) in [7, 11) is 0.946. The number of esters is 2. The van der Waals surface area contributed by atoms with Gasteiger partial charge in [0.25, 0.3) is 0 Å². The van der Waals surface area contributed by atoms with Crippen LogP contribution in [-0.4, -0.2) is 34.2 Å². The van der Waals surface area contributed by atoms with Gasteiger partial charge in [0.1, 0.15) is 0 Å². The highest BCUT2D eigenvalue weighted by molar-refractivity contribution is 6.92. The predicted octanol–water partition coefficient (Wildman–Crippen LogP) is 4.10. The highest BCUT2D eigenvalue weighted by Gasteiger charge is 2.51. The highest BCUT2D eigenvalue weighted by Crippen LogP contribution is 2.43. The van der Waals surface area contributed by atoms with Gasteiger partial charge in [0.15, 0.2) is 5.41 Å². The fourth-order valence-electron chi connectivity index (χ4n) is 5.08. The second-order valence-corrected chi connectivity index (χ2v) is 15.6. The molecule has 5 heteroatoms. The lowest BCUT2D eigenvalue weighted by atomic mass is 9.69. The first-order valence-corrected chi connectivity index (χ1v) is 13.8. The fraction of sp³-hybridized carbons (Fsp3) is 0.667. The van der Waals surface area contributed by atoms with Crippen molar-refractivity contribution in [1.29, 1.82) is 0 Å². The van der Waals surface area contributed by atoms with E-state index < -0.39 is 25.4 Å². The Bertz CT molecular complexity index is 816. The predicted molar refractivity (Wildman–Crippen MR) is 118 cm³/mol. The molecular weight excluding hydrogens is 380 g/mol. The SMILES string of the molecule is COC(=O)C1(C(=O)OC)CCc2c(cc([Si](C)(C)C(C)(C)C)c3c2CCCC3)C1. The Labute approximate surface area is 176 Å². The maximum atomic E-state index is 12.7. The van der Waals surface area contributed by atoms with Crippen molar-refractivity contribution in [3.8, 4) is 0 Å². The number of hydrogen-bond acceptors (Lipinski definition) is 4. The van der Waals surface area contributed by atoms with Crippen LogP contribution in [0.5, 0.6) is 0 Å². The van der Waals surface area contributed by atoms with E-state index >= 15 is 0 Å². The lowest BCUT2D eigenvalue weighted by Gasteiger charge is -2.42. The van der Waals surface area contributed by atoms with Gasteiger partial charge in [-0.25, -0.2) is 0 Å². The minimum atomic E-state index is -1.77. The van der Waals surface area contributed by atoms with Crippen molar-refractivity contribution in [1.82, 2.24) is 0 Å². The zero-order valence-corrected chi connectivity index (χ0v) is 20.2. The molecule has 3 rings (SSSR count). The van der Waals surface area contributed by atoms with E-state index in [9.17, 15) is 9.59 Å². The van der Waals surface area contributed by atoms with Crippen LogP contribution in [-0.2, 0) is 44.7 Å². The summed E-state index contributed by atoms with van der Waals surface area (Å²) < 4.78 is 10.1. The molecule has 0 unspecified atom stereocenters. The maximum absolute atomic E-state index is 12.7. The van der Waals surface area contributed by atoms with Gasteiger partial charge in [0.2, 0.25) is 0 Å². The normalized spacial score (nSPS) is 18.4. The van der Waals surface area contributed by atoms with Gasteiger partial charge in [-0.15, -0.1) is 0 Å². The summed E-state index contributed by atoms with van der Waals surface area (Å²) in [6, 6.07) is 2.36. The summed E-state index contributed by atoms with van der Waals surface area (Å²) >= 11 is 0. The highest BCUT2D eigenvalue weighted by atomic mass is 28.3. The van der Waals surface area contributed by atoms with Gasteiger partial charge < -0.3 is 9.47 Å². The molecule has 160 valence electrons. The van der Waals surface area contributed by atoms with Crippen LogP contribution in [0.2, 0.25) is 18.1 Å². The lowest BCUT2D eigenvalue weighted by molar-refractivity contribution is -0.170. The second kappa shape index (κ2) is 7.57. The Morgan fingerprint density at radius 3 is 2.00 bits per heavy atom. The van der Waals surface area contributed by atoms with Crippen LogP contribution in [0.1, 0.15) is 62.3 Å². The van der Waals surface area contributed by atoms with Crippen LogP contribution in [0.25, 0.3) is 0 Å². The molecule has 0 aliphatic heterocycles. The lowest BCUT2D eigenvalue weighted by Crippen LogP contribution is -2.53. The summed E-state index contributed by atoms with van der Waals surface area (Å²) in [5.74, 6) is -0.941. The van der Waals surface area contributed by atoms with E-state index in [4.69, 9.17) is 9.47 Å². The van der Waals surface area contributed by atoms with E-state index in [1.807, 2.05) is 0 Å². The van der Waals surface area contributed by atoms with Crippen molar-refractivity contribution in [3.05, 3.63) is 28.3 Å². The molecule has 0 bridgehead atoms. The molecule has 2 aliphatic carbocycles. The number of fused-ring (bicyclic) bond motifs is 3. The first-order chi connectivity index (χ1) is 13.5. The van der Waals surface area contributed by atoms with Gasteiger partial charge >= 0.3 is 11.9 Å². The van der Waals surface area contributed by atoms with Crippen molar-refractivity contribution in [2.24, 2.45) is 5.41 Å². The van der Waals surface area contributed by atoms with Crippen LogP contribution in [0, 0.1) is 5.41 Å². The molecule has 0 aromatic heterocycles. The zero-order valence-electron chi connectivity index (χ0n) is 19.2. The van der Waals surface area contributed by atoms with E-state index in [0.717, 1.165) is 24.8 Å². The summed E-state index contributed by atoms with van der Waals surface area (Å²) in [4.78, 5) is 25.4. The topological polar surface area (TPSA) is 52.6 Å². The van der Waals surface area contributed by atoms with Crippen molar-refractivity contribution < 1.29 is 19.1 Å². The van der Waals surface area contributed by atoms with Crippen molar-refractivity contribution in [3.63, 3.8) is 0 Å². The van der Waals surface area contributed by atoms with Crippen LogP contribution in [0.3, 0.4) is 0 Å². The summed E-state index contributed by atoms with van der Waals surface area (Å²) in [5.41, 5.74) is 4.41. The molecule has 1 aromatic carbocycles. The monoisotopic (exact) mass is 416 g/mol. The summed E-state index contributed by atoms with van der Waals surface area (Å²) in [5, 5.41) is 1.74. The van der Waals surface area contributed by atoms with Gasteiger partial charge in [-0.1, -0.05) is 45.1 Å². The van der Waals surface area contributed by atoms with Gasteiger partial charge in [-0.3, -0.25) is 9.59 Å². The number of hydrogen-bond donors (Lipinski definition) is 0. The van der Waals surface area contributed by atoms with Crippen LogP contribution >= 0.6 is 0 Å². The van der Waals surface area contributed by atoms with E-state index in [0.29, 0.717) is 12.8 Å². The molecule has 4 nitrogen and oxygen atoms in total. The maximum Gasteiger partial charge on any atom is 0.323 e. The van der Waals surface area contributed by atoms with E-state index in [1.54, 1.807) is 5.56 Å². The molecule has 0 heterocycles. The molecule has 0 fully saturated rings. The van der Waals surface area contributed by atoms with Crippen LogP contribution in [0.4, 0.5) is 0 Å². The minimum Gasteiger partial charge on any atom is -0.468 e. The van der Waals surface area contributed by atoms with Gasteiger partial charge in [0.05, 0.1) is 22.3 Å². The third kappa shape index (κ3) is 3.45. The average molecular weight is 417 g/mol. The Morgan fingerprint density at radius 2 is 1.48 bits per heavy atom. The Hall–Kier alpha value is -1.62. The number of ether oxygens (including phenoxy) is 2. The molecule has 0 N–H and O–H groups in total. The molecule has 0 atom stereocenters. The third-order valence-electron chi connectivity index (χ3n) is 7.86. The molecule has 1 aromatic rings. The largest absolute Gasteiger partial charge is 0.468 e. The van der Waals surface area contributed by atoms with Gasteiger partial charge in [-0.2, -0.15) is 0 Å². The fourth-order valence-corrected chi connectivity index (χ4v) is 7.46. The Balaban J connectivity index is 2.21. The van der Waals surface area contributed by atoms with Crippen molar-refractivity contribution in [2.45, 2.75) is 83.8 Å². The van der Waals surface area contributed by atoms with Crippen LogP contribution < -0.4 is 5.19 Å². The number of methoxy groups -OCH3 is 2. The average Bonchev–Trinajstić information content (AvgIpc) is 2.70. The molecular formula is C24H36O4Si. The number of carbonyl (C=O) groups excluding carboxylic acids is 2. The Kier molecular flexibility index (Phi) is 5.76. The number of benzene rings is 1. The van der Waals surface area contributed by atoms with Crippen LogP contribution in [0.15, 0.2) is 6.07 Å². The number of carbonyl (C=O) groups is 2. The Morgan fingerprint density at radius 1 is 0.931 bits per heavy atom. The van der Waals surface area contributed by atoms with E-state index in [1.165, 1.54) is 43.4 Å². The summed E-state index contributed by atoms with van der Waals surface area (Å²) in [6.07, 6.45) is 6.33. The quantitative estimate of drug-likeness (QED) is 0.423. The molecule has 0 saturated heterocycles. The molecule has 0 radical (unpaired) electrons. The first kappa shape index (κ1) is 22.1. The first-order valence-electron chi connectivity index (χ1n) is 10.8. The van der Waals surface area contributed by atoms with E-state index in [2.05, 4.69) is 39.9 Å². The minimum absolute atomic E-state index is 0.225. The third-order valence-corrected chi connectivity index (χ3v) is 13.4. The molecule has 0 spiro atoms. The number of rotatable bonds is 3. The van der Waals surface area contributed by atoms with Gasteiger partial charge in [0, 0.05) is 0 Å². The van der Waals surface area contributed by atoms with Gasteiger partial charge in [-0.05, 0) is 72.2 Å². The standard InChI is InChI=1S/C24H36O4Si/c1-23(2,3)29(6,7)20-14-16-15-24(21(25)27-4,22(26)28-5)13-12-17(16)18-10-8-9-11-19(18)20/h14H,8-13,15H2,1-7H3. The zero-order chi connectivity index (χ0) is 21.6. The molecule has 2 aliphatic rings. The van der Waals surface area contributed by atoms with E-state index in [-0.39, 0.29) is 5.04 Å². The molecule has 29 heavy (non-hydrogen) atoms. The smallest absolute Gasteiger partial charge is 0.323 e. The van der Waals surface area contributed by atoms with Crippen molar-refractivity contribution in [2.75, 3.05) is 14.2 Å². The summed E-state index contributed by atoms with van der Waals surface area (Å²) in [6.45, 7) is 12.0. The molecule has 0 saturated carbocycles. The molecule has 0 amide bonds. The second-order valence-electron chi connectivity index (χ2n) is 10.3. The van der Waals surface area contributed by atoms with Crippen molar-refractivity contribution >= 4 is 25.2 Å².